The number of para-hydroxylation sites is 2. The van der Waals surface area contributed by atoms with Crippen molar-refractivity contribution in [1.82, 2.24) is 9.80 Å². The quantitative estimate of drug-likeness (QED) is 0.546. The molecule has 0 aromatic heterocycles. The molecule has 31 heavy (non-hydrogen) atoms. The Balaban J connectivity index is 1.34. The number of benzene rings is 2. The standard InChI is InChI=1S/C23H26N4O4/c1-17-6-8-18(9-7-17)15-26-16-19(14-22(26)28)23(29)25-12-10-24(11-13-25)20-4-2-3-5-21(20)27(30)31/h2-9,19H,10-16H2,1H3/t19-/m1/s1. The van der Waals surface area contributed by atoms with Gasteiger partial charge in [0.25, 0.3) is 5.69 Å². The topological polar surface area (TPSA) is 87.0 Å². The van der Waals surface area contributed by atoms with Crippen LogP contribution in [0.2, 0.25) is 0 Å². The van der Waals surface area contributed by atoms with E-state index < -0.39 is 0 Å². The van der Waals surface area contributed by atoms with Crippen molar-refractivity contribution in [2.45, 2.75) is 19.9 Å². The van der Waals surface area contributed by atoms with E-state index in [2.05, 4.69) is 0 Å². The summed E-state index contributed by atoms with van der Waals surface area (Å²) < 4.78 is 0. The largest absolute Gasteiger partial charge is 0.362 e. The van der Waals surface area contributed by atoms with Crippen molar-refractivity contribution in [2.24, 2.45) is 5.92 Å². The highest BCUT2D eigenvalue weighted by molar-refractivity contribution is 5.89. The zero-order chi connectivity index (χ0) is 22.0. The van der Waals surface area contributed by atoms with Gasteiger partial charge in [0, 0.05) is 51.8 Å². The number of anilines is 1. The van der Waals surface area contributed by atoms with Gasteiger partial charge in [0.1, 0.15) is 5.69 Å². The lowest BCUT2D eigenvalue weighted by Crippen LogP contribution is -2.50. The van der Waals surface area contributed by atoms with Crippen molar-refractivity contribution in [1.29, 1.82) is 0 Å². The first-order chi connectivity index (χ1) is 14.9. The molecule has 2 aliphatic rings. The maximum absolute atomic E-state index is 13.0. The number of nitro benzene ring substituents is 1. The first-order valence-corrected chi connectivity index (χ1v) is 10.5. The third kappa shape index (κ3) is 4.52. The summed E-state index contributed by atoms with van der Waals surface area (Å²) in [7, 11) is 0. The van der Waals surface area contributed by atoms with Gasteiger partial charge in [0.05, 0.1) is 10.8 Å². The Morgan fingerprint density at radius 3 is 2.42 bits per heavy atom. The van der Waals surface area contributed by atoms with E-state index >= 15 is 0 Å². The molecule has 2 aromatic carbocycles. The predicted octanol–water partition coefficient (Wildman–Crippen LogP) is 2.60. The zero-order valence-corrected chi connectivity index (χ0v) is 17.6. The minimum atomic E-state index is -0.375. The molecule has 0 bridgehead atoms. The van der Waals surface area contributed by atoms with Crippen molar-refractivity contribution in [3.05, 3.63) is 69.8 Å². The van der Waals surface area contributed by atoms with Crippen molar-refractivity contribution in [3.63, 3.8) is 0 Å². The van der Waals surface area contributed by atoms with Gasteiger partial charge in [-0.25, -0.2) is 0 Å². The Kier molecular flexibility index (Phi) is 5.88. The van der Waals surface area contributed by atoms with Crippen LogP contribution in [0.15, 0.2) is 48.5 Å². The van der Waals surface area contributed by atoms with Crippen LogP contribution in [0.5, 0.6) is 0 Å². The third-order valence-corrected chi connectivity index (χ3v) is 6.07. The van der Waals surface area contributed by atoms with E-state index in [1.165, 1.54) is 11.6 Å². The number of amides is 2. The Morgan fingerprint density at radius 2 is 1.74 bits per heavy atom. The molecule has 0 radical (unpaired) electrons. The number of rotatable bonds is 5. The molecule has 0 spiro atoms. The van der Waals surface area contributed by atoms with Crippen LogP contribution >= 0.6 is 0 Å². The highest BCUT2D eigenvalue weighted by Gasteiger charge is 2.37. The number of likely N-dealkylation sites (tertiary alicyclic amines) is 1. The fraction of sp³-hybridized carbons (Fsp3) is 0.391. The van der Waals surface area contributed by atoms with Crippen LogP contribution in [0.25, 0.3) is 0 Å². The second-order valence-electron chi connectivity index (χ2n) is 8.22. The second kappa shape index (κ2) is 8.75. The molecular weight excluding hydrogens is 396 g/mol. The molecule has 0 unspecified atom stereocenters. The van der Waals surface area contributed by atoms with Crippen molar-refractivity contribution < 1.29 is 14.5 Å². The van der Waals surface area contributed by atoms with Crippen molar-refractivity contribution in [2.75, 3.05) is 37.6 Å². The number of nitrogens with zero attached hydrogens (tertiary/aromatic N) is 4. The molecule has 2 saturated heterocycles. The van der Waals surface area contributed by atoms with Crippen molar-refractivity contribution >= 4 is 23.2 Å². The van der Waals surface area contributed by atoms with Crippen LogP contribution < -0.4 is 4.90 Å². The Hall–Kier alpha value is -3.42. The molecule has 1 atom stereocenters. The van der Waals surface area contributed by atoms with Crippen LogP contribution in [0.3, 0.4) is 0 Å². The number of carbonyl (C=O) groups is 2. The molecule has 8 heteroatoms. The van der Waals surface area contributed by atoms with Gasteiger partial charge in [-0.3, -0.25) is 19.7 Å². The normalized spacial score (nSPS) is 19.1. The Morgan fingerprint density at radius 1 is 1.06 bits per heavy atom. The van der Waals surface area contributed by atoms with E-state index in [1.54, 1.807) is 28.0 Å². The summed E-state index contributed by atoms with van der Waals surface area (Å²) in [5, 5.41) is 11.3. The highest BCUT2D eigenvalue weighted by atomic mass is 16.6. The number of aryl methyl sites for hydroxylation is 1. The summed E-state index contributed by atoms with van der Waals surface area (Å²) in [4.78, 5) is 41.9. The highest BCUT2D eigenvalue weighted by Crippen LogP contribution is 2.29. The maximum Gasteiger partial charge on any atom is 0.292 e. The van der Waals surface area contributed by atoms with Crippen molar-refractivity contribution in [3.8, 4) is 0 Å². The lowest BCUT2D eigenvalue weighted by Gasteiger charge is -2.36. The SMILES string of the molecule is Cc1ccc(CN2C[C@H](C(=O)N3CCN(c4ccccc4[N+](=O)[O-])CC3)CC2=O)cc1. The Bertz CT molecular complexity index is 983. The molecule has 0 N–H and O–H groups in total. The first kappa shape index (κ1) is 20.8. The van der Waals surface area contributed by atoms with Gasteiger partial charge in [0.15, 0.2) is 0 Å². The first-order valence-electron chi connectivity index (χ1n) is 10.5. The van der Waals surface area contributed by atoms with Gasteiger partial charge in [-0.15, -0.1) is 0 Å². The van der Waals surface area contributed by atoms with Crippen LogP contribution in [-0.2, 0) is 16.1 Å². The Labute approximate surface area is 181 Å². The van der Waals surface area contributed by atoms with E-state index in [-0.39, 0.29) is 34.8 Å². The van der Waals surface area contributed by atoms with Gasteiger partial charge >= 0.3 is 0 Å². The minimum absolute atomic E-state index is 0.00182. The summed E-state index contributed by atoms with van der Waals surface area (Å²) >= 11 is 0. The summed E-state index contributed by atoms with van der Waals surface area (Å²) in [5.41, 5.74) is 2.89. The monoisotopic (exact) mass is 422 g/mol. The lowest BCUT2D eigenvalue weighted by molar-refractivity contribution is -0.384. The van der Waals surface area contributed by atoms with Crippen LogP contribution in [-0.4, -0.2) is 59.3 Å². The molecular formula is C23H26N4O4. The summed E-state index contributed by atoms with van der Waals surface area (Å²) in [5.74, 6) is -0.310. The van der Waals surface area contributed by atoms with Gasteiger partial charge in [-0.2, -0.15) is 0 Å². The average molecular weight is 422 g/mol. The summed E-state index contributed by atoms with van der Waals surface area (Å²) in [6.07, 6.45) is 0.245. The fourth-order valence-corrected chi connectivity index (χ4v) is 4.32. The van der Waals surface area contributed by atoms with E-state index in [0.717, 1.165) is 5.56 Å². The smallest absolute Gasteiger partial charge is 0.292 e. The van der Waals surface area contributed by atoms with Crippen LogP contribution in [0.1, 0.15) is 17.5 Å². The number of carbonyl (C=O) groups excluding carboxylic acids is 2. The minimum Gasteiger partial charge on any atom is -0.362 e. The molecule has 162 valence electrons. The van der Waals surface area contributed by atoms with Crippen LogP contribution in [0.4, 0.5) is 11.4 Å². The number of nitro groups is 1. The van der Waals surface area contributed by atoms with Gasteiger partial charge in [-0.05, 0) is 18.6 Å². The molecule has 2 aromatic rings. The molecule has 2 amide bonds. The van der Waals surface area contributed by atoms with Gasteiger partial charge in [-0.1, -0.05) is 42.0 Å². The van der Waals surface area contributed by atoms with E-state index in [1.807, 2.05) is 36.1 Å². The predicted molar refractivity (Wildman–Crippen MR) is 117 cm³/mol. The van der Waals surface area contributed by atoms with Gasteiger partial charge in [0.2, 0.25) is 11.8 Å². The molecule has 0 saturated carbocycles. The zero-order valence-electron chi connectivity index (χ0n) is 17.6. The third-order valence-electron chi connectivity index (χ3n) is 6.07. The van der Waals surface area contributed by atoms with Crippen LogP contribution in [0, 0.1) is 23.0 Å². The van der Waals surface area contributed by atoms with Gasteiger partial charge < -0.3 is 14.7 Å². The van der Waals surface area contributed by atoms with E-state index in [9.17, 15) is 19.7 Å². The lowest BCUT2D eigenvalue weighted by atomic mass is 10.1. The number of hydrogen-bond donors (Lipinski definition) is 0. The molecule has 4 rings (SSSR count). The number of piperazine rings is 1. The molecule has 2 aliphatic heterocycles. The molecule has 2 fully saturated rings. The molecule has 8 nitrogen and oxygen atoms in total. The average Bonchev–Trinajstić information content (AvgIpc) is 3.15. The maximum atomic E-state index is 13.0. The second-order valence-corrected chi connectivity index (χ2v) is 8.22. The summed E-state index contributed by atoms with van der Waals surface area (Å²) in [6.45, 7) is 5.04. The van der Waals surface area contributed by atoms with E-state index in [4.69, 9.17) is 0 Å². The fourth-order valence-electron chi connectivity index (χ4n) is 4.32. The summed E-state index contributed by atoms with van der Waals surface area (Å²) in [6, 6.07) is 14.8. The molecule has 2 heterocycles. The number of hydrogen-bond acceptors (Lipinski definition) is 5. The molecule has 0 aliphatic carbocycles. The van der Waals surface area contributed by atoms with E-state index in [0.29, 0.717) is 45.0 Å².